The number of hydrogen-bond acceptors (Lipinski definition) is 12. The van der Waals surface area contributed by atoms with Gasteiger partial charge in [-0.05, 0) is 28.1 Å². The summed E-state index contributed by atoms with van der Waals surface area (Å²) in [4.78, 5) is 47.2. The zero-order valence-corrected chi connectivity index (χ0v) is 20.9. The summed E-state index contributed by atoms with van der Waals surface area (Å²) in [5.41, 5.74) is 5.02. The van der Waals surface area contributed by atoms with Crippen molar-refractivity contribution in [2.45, 2.75) is 22.7 Å². The molecule has 2 aliphatic heterocycles. The van der Waals surface area contributed by atoms with Crippen molar-refractivity contribution in [1.82, 2.24) is 35.4 Å². The third-order valence-electron chi connectivity index (χ3n) is 5.11. The molecule has 0 saturated carbocycles. The molecule has 2 atom stereocenters. The molecule has 202 valence electrons. The number of hydrogen-bond donors (Lipinski definition) is 3. The van der Waals surface area contributed by atoms with Crippen LogP contribution in [0.4, 0.5) is 19.0 Å². The number of amides is 2. The van der Waals surface area contributed by atoms with Crippen LogP contribution in [0.15, 0.2) is 39.8 Å². The van der Waals surface area contributed by atoms with Crippen molar-refractivity contribution in [1.29, 1.82) is 0 Å². The average molecular weight is 574 g/mol. The van der Waals surface area contributed by atoms with Gasteiger partial charge in [0, 0.05) is 18.6 Å². The predicted octanol–water partition coefficient (Wildman–Crippen LogP) is 0.00120. The number of nitrogens with one attached hydrogen (secondary N) is 1. The van der Waals surface area contributed by atoms with Gasteiger partial charge in [-0.25, -0.2) is 14.5 Å². The molecule has 0 radical (unpaired) electrons. The molecular weight excluding hydrogens is 555 g/mol. The Labute approximate surface area is 219 Å². The second-order valence-electron chi connectivity index (χ2n) is 7.77. The molecule has 1 unspecified atom stereocenters. The number of carboxylic acid groups (broad SMARTS) is 1. The minimum Gasteiger partial charge on any atom is -0.477 e. The molecule has 0 aliphatic carbocycles. The summed E-state index contributed by atoms with van der Waals surface area (Å²) in [6, 6.07) is 2.89. The second kappa shape index (κ2) is 10.9. The number of nitrogens with two attached hydrogens (primary N) is 1. The third-order valence-corrected chi connectivity index (χ3v) is 7.54. The van der Waals surface area contributed by atoms with Crippen LogP contribution in [-0.2, 0) is 26.3 Å². The number of aromatic nitrogens is 5. The summed E-state index contributed by atoms with van der Waals surface area (Å²) in [5.74, 6) is -2.70. The summed E-state index contributed by atoms with van der Waals surface area (Å²) < 4.78 is 39.0. The maximum absolute atomic E-state index is 13.0. The molecule has 1 saturated heterocycles. The molecule has 4 heterocycles. The lowest BCUT2D eigenvalue weighted by molar-refractivity contribution is -0.174. The Morgan fingerprint density at radius 3 is 2.79 bits per heavy atom. The zero-order valence-electron chi connectivity index (χ0n) is 19.2. The van der Waals surface area contributed by atoms with Gasteiger partial charge < -0.3 is 21.0 Å². The van der Waals surface area contributed by atoms with Gasteiger partial charge in [0.15, 0.2) is 5.71 Å². The lowest BCUT2D eigenvalue weighted by Crippen LogP contribution is -2.71. The second-order valence-corrected chi connectivity index (χ2v) is 9.82. The number of pyridine rings is 1. The van der Waals surface area contributed by atoms with Crippen LogP contribution in [0.2, 0.25) is 0 Å². The first-order valence-electron chi connectivity index (χ1n) is 10.5. The Hall–Kier alpha value is -3.87. The maximum Gasteiger partial charge on any atom is 0.425 e. The summed E-state index contributed by atoms with van der Waals surface area (Å²) in [6.07, 6.45) is -4.71. The van der Waals surface area contributed by atoms with Gasteiger partial charge in [0.1, 0.15) is 28.6 Å². The van der Waals surface area contributed by atoms with E-state index in [0.29, 0.717) is 10.7 Å². The van der Waals surface area contributed by atoms with Gasteiger partial charge in [0.25, 0.3) is 11.8 Å². The van der Waals surface area contributed by atoms with Crippen molar-refractivity contribution in [3.05, 3.63) is 35.2 Å². The number of fused-ring (bicyclic) bond motifs is 1. The SMILES string of the molecule is Cn1nnnc1SCC1=C(C(=O)O)N2C(=O)C(NC(=O)/C(=N\OCC(F)(F)F)c3cccc(N)n3)[C@H]2SC1. The number of anilines is 1. The van der Waals surface area contributed by atoms with Crippen LogP contribution in [-0.4, -0.2) is 94.4 Å². The van der Waals surface area contributed by atoms with Gasteiger partial charge >= 0.3 is 12.1 Å². The molecule has 2 aromatic rings. The van der Waals surface area contributed by atoms with Crippen molar-refractivity contribution in [2.24, 2.45) is 12.2 Å². The molecule has 2 aliphatic rings. The first-order valence-corrected chi connectivity index (χ1v) is 12.6. The summed E-state index contributed by atoms with van der Waals surface area (Å²) in [6.45, 7) is -1.77. The van der Waals surface area contributed by atoms with Crippen LogP contribution < -0.4 is 11.1 Å². The number of nitrogens with zero attached hydrogens (tertiary/aromatic N) is 7. The number of halogens is 3. The lowest BCUT2D eigenvalue weighted by atomic mass is 10.0. The van der Waals surface area contributed by atoms with E-state index in [1.807, 2.05) is 0 Å². The molecule has 38 heavy (non-hydrogen) atoms. The van der Waals surface area contributed by atoms with Gasteiger partial charge in [-0.1, -0.05) is 23.0 Å². The number of carbonyl (C=O) groups is 3. The van der Waals surface area contributed by atoms with E-state index in [1.54, 1.807) is 7.05 Å². The summed E-state index contributed by atoms with van der Waals surface area (Å²) >= 11 is 2.40. The molecule has 0 aromatic carbocycles. The van der Waals surface area contributed by atoms with Crippen LogP contribution in [0.3, 0.4) is 0 Å². The molecule has 2 aromatic heterocycles. The Morgan fingerprint density at radius 2 is 2.16 bits per heavy atom. The van der Waals surface area contributed by atoms with Gasteiger partial charge in [-0.3, -0.25) is 14.5 Å². The highest BCUT2D eigenvalue weighted by atomic mass is 32.2. The smallest absolute Gasteiger partial charge is 0.425 e. The van der Waals surface area contributed by atoms with Gasteiger partial charge in [-0.15, -0.1) is 16.9 Å². The van der Waals surface area contributed by atoms with E-state index in [2.05, 4.69) is 35.8 Å². The molecule has 2 amide bonds. The van der Waals surface area contributed by atoms with Crippen molar-refractivity contribution >= 4 is 52.8 Å². The number of carboxylic acids is 1. The molecule has 14 nitrogen and oxygen atoms in total. The van der Waals surface area contributed by atoms with E-state index >= 15 is 0 Å². The highest BCUT2D eigenvalue weighted by Crippen LogP contribution is 2.41. The van der Waals surface area contributed by atoms with Crippen molar-refractivity contribution in [2.75, 3.05) is 23.8 Å². The fraction of sp³-hybridized carbons (Fsp3) is 0.368. The monoisotopic (exact) mass is 573 g/mol. The number of oxime groups is 1. The number of tetrazole rings is 1. The minimum atomic E-state index is -4.71. The van der Waals surface area contributed by atoms with Gasteiger partial charge in [0.05, 0.1) is 0 Å². The number of β-lactam (4-membered cyclic amide) rings is 1. The van der Waals surface area contributed by atoms with Crippen LogP contribution in [0.5, 0.6) is 0 Å². The Morgan fingerprint density at radius 1 is 1.39 bits per heavy atom. The van der Waals surface area contributed by atoms with Crippen LogP contribution in [0, 0.1) is 0 Å². The summed E-state index contributed by atoms with van der Waals surface area (Å²) in [7, 11) is 1.62. The normalized spacial score (nSPS) is 19.6. The third kappa shape index (κ3) is 5.82. The highest BCUT2D eigenvalue weighted by Gasteiger charge is 2.54. The molecule has 0 spiro atoms. The van der Waals surface area contributed by atoms with Crippen molar-refractivity contribution in [3.63, 3.8) is 0 Å². The van der Waals surface area contributed by atoms with Gasteiger partial charge in [0.2, 0.25) is 11.8 Å². The fourth-order valence-corrected chi connectivity index (χ4v) is 5.79. The van der Waals surface area contributed by atoms with Crippen molar-refractivity contribution < 1.29 is 37.5 Å². The van der Waals surface area contributed by atoms with Crippen LogP contribution in [0.1, 0.15) is 5.69 Å². The molecule has 4 rings (SSSR count). The van der Waals surface area contributed by atoms with Crippen LogP contribution in [0.25, 0.3) is 0 Å². The van der Waals surface area contributed by atoms with E-state index in [1.165, 1.54) is 46.4 Å². The number of aliphatic carboxylic acids is 1. The molecular formula is C19H18F3N9O5S2. The standard InChI is InChI=1S/C19H18F3N9O5S2/c1-30-18(26-28-29-30)38-6-8-5-37-16-12(15(33)31(16)13(8)17(34)35)25-14(32)11(27-36-7-19(20,21)22)9-3-2-4-10(23)24-9/h2-4,12,16H,5-7H2,1H3,(H2,23,24)(H,25,32)(H,34,35)/b27-11-/t12?,16-/m1/s1. The van der Waals surface area contributed by atoms with E-state index in [-0.39, 0.29) is 28.7 Å². The maximum atomic E-state index is 13.0. The zero-order chi connectivity index (χ0) is 27.6. The fourth-order valence-electron chi connectivity index (χ4n) is 3.46. The first kappa shape index (κ1) is 27.2. The average Bonchev–Trinajstić information content (AvgIpc) is 3.26. The topological polar surface area (TPSA) is 191 Å². The Bertz CT molecular complexity index is 1330. The van der Waals surface area contributed by atoms with Gasteiger partial charge in [-0.2, -0.15) is 13.2 Å². The van der Waals surface area contributed by atoms with E-state index in [9.17, 15) is 32.7 Å². The number of aryl methyl sites for hydroxylation is 1. The predicted molar refractivity (Wildman–Crippen MR) is 126 cm³/mol. The Kier molecular flexibility index (Phi) is 7.76. The molecule has 0 bridgehead atoms. The number of alkyl halides is 3. The number of nitrogen functional groups attached to an aromatic ring is 1. The first-order chi connectivity index (χ1) is 18.0. The number of carbonyl (C=O) groups excluding carboxylic acids is 2. The number of thioether (sulfide) groups is 2. The molecule has 1 fully saturated rings. The summed E-state index contributed by atoms with van der Waals surface area (Å²) in [5, 5.41) is 26.2. The van der Waals surface area contributed by atoms with E-state index in [4.69, 9.17) is 5.73 Å². The van der Waals surface area contributed by atoms with E-state index < -0.39 is 47.7 Å². The highest BCUT2D eigenvalue weighted by molar-refractivity contribution is 8.01. The lowest BCUT2D eigenvalue weighted by Gasteiger charge is -2.49. The van der Waals surface area contributed by atoms with Crippen molar-refractivity contribution in [3.8, 4) is 0 Å². The largest absolute Gasteiger partial charge is 0.477 e. The molecule has 4 N–H and O–H groups in total. The molecule has 19 heteroatoms. The number of rotatable bonds is 9. The quantitative estimate of drug-likeness (QED) is 0.158. The van der Waals surface area contributed by atoms with Crippen LogP contribution >= 0.6 is 23.5 Å². The minimum absolute atomic E-state index is 0.0358. The Balaban J connectivity index is 1.51. The van der Waals surface area contributed by atoms with E-state index in [0.717, 1.165) is 4.90 Å².